The van der Waals surface area contributed by atoms with Gasteiger partial charge in [-0.05, 0) is 53.6 Å². The van der Waals surface area contributed by atoms with Crippen LogP contribution >= 0.6 is 0 Å². The highest BCUT2D eigenvalue weighted by atomic mass is 16.3. The monoisotopic (exact) mass is 436 g/mol. The predicted octanol–water partition coefficient (Wildman–Crippen LogP) is 5.02. The Morgan fingerprint density at radius 3 is 2.61 bits per heavy atom. The lowest BCUT2D eigenvalue weighted by Crippen LogP contribution is -2.19. The van der Waals surface area contributed by atoms with Crippen LogP contribution in [0.2, 0.25) is 0 Å². The van der Waals surface area contributed by atoms with E-state index in [1.54, 1.807) is 36.5 Å². The lowest BCUT2D eigenvalue weighted by atomic mass is 10.0. The van der Waals surface area contributed by atoms with E-state index in [4.69, 9.17) is 5.73 Å². The van der Waals surface area contributed by atoms with Gasteiger partial charge in [0.15, 0.2) is 0 Å². The Hall–Kier alpha value is -4.85. The number of nitrogens with two attached hydrogens (primary N) is 1. The first kappa shape index (κ1) is 20.1. The number of hydrogen-bond acceptors (Lipinski definition) is 5. The third kappa shape index (κ3) is 4.17. The molecule has 33 heavy (non-hydrogen) atoms. The largest absolute Gasteiger partial charge is 0.506 e. The molecule has 0 radical (unpaired) electrons. The molecule has 3 aromatic carbocycles. The van der Waals surface area contributed by atoms with Crippen LogP contribution in [-0.2, 0) is 0 Å². The second-order valence-electron chi connectivity index (χ2n) is 7.41. The van der Waals surface area contributed by atoms with Crippen molar-refractivity contribution in [2.45, 2.75) is 0 Å². The Balaban J connectivity index is 1.42. The minimum Gasteiger partial charge on any atom is -0.506 e. The Morgan fingerprint density at radius 2 is 1.76 bits per heavy atom. The fourth-order valence-electron chi connectivity index (χ4n) is 3.65. The molecular formula is C25H20N6O2. The van der Waals surface area contributed by atoms with Crippen molar-refractivity contribution in [3.05, 3.63) is 91.3 Å². The summed E-state index contributed by atoms with van der Waals surface area (Å²) in [5.74, 6) is 0.903. The number of rotatable bonds is 4. The van der Waals surface area contributed by atoms with Crippen molar-refractivity contribution in [2.24, 2.45) is 0 Å². The summed E-state index contributed by atoms with van der Waals surface area (Å²) in [6, 6.07) is 23.6. The molecule has 0 bridgehead atoms. The topological polar surface area (TPSA) is 118 Å². The van der Waals surface area contributed by atoms with Crippen LogP contribution in [0.1, 0.15) is 0 Å². The smallest absolute Gasteiger partial charge is 0.323 e. The predicted molar refractivity (Wildman–Crippen MR) is 129 cm³/mol. The summed E-state index contributed by atoms with van der Waals surface area (Å²) in [7, 11) is 0. The van der Waals surface area contributed by atoms with Crippen LogP contribution in [0, 0.1) is 0 Å². The number of para-hydroxylation sites is 2. The molecule has 8 nitrogen and oxygen atoms in total. The molecule has 5 aromatic rings. The summed E-state index contributed by atoms with van der Waals surface area (Å²) in [6.07, 6.45) is 3.57. The van der Waals surface area contributed by atoms with E-state index >= 15 is 0 Å². The molecule has 8 heteroatoms. The minimum atomic E-state index is -0.445. The number of phenols is 1. The average molecular weight is 436 g/mol. The van der Waals surface area contributed by atoms with E-state index in [-0.39, 0.29) is 11.7 Å². The van der Waals surface area contributed by atoms with Gasteiger partial charge >= 0.3 is 6.03 Å². The van der Waals surface area contributed by atoms with Gasteiger partial charge in [-0.15, -0.1) is 0 Å². The van der Waals surface area contributed by atoms with Crippen LogP contribution in [0.25, 0.3) is 27.8 Å². The molecule has 0 atom stereocenters. The van der Waals surface area contributed by atoms with Crippen LogP contribution in [0.15, 0.2) is 91.3 Å². The molecule has 0 aliphatic rings. The number of fused-ring (bicyclic) bond motifs is 1. The van der Waals surface area contributed by atoms with Crippen molar-refractivity contribution >= 4 is 34.3 Å². The number of amides is 2. The molecule has 162 valence electrons. The zero-order valence-electron chi connectivity index (χ0n) is 17.4. The van der Waals surface area contributed by atoms with Crippen molar-refractivity contribution in [1.29, 1.82) is 0 Å². The molecular weight excluding hydrogens is 416 g/mol. The third-order valence-electron chi connectivity index (χ3n) is 5.21. The highest BCUT2D eigenvalue weighted by Crippen LogP contribution is 2.29. The Labute approximate surface area is 189 Å². The molecule has 2 aromatic heterocycles. The molecule has 0 spiro atoms. The summed E-state index contributed by atoms with van der Waals surface area (Å²) in [4.78, 5) is 20.7. The van der Waals surface area contributed by atoms with E-state index in [9.17, 15) is 9.90 Å². The lowest BCUT2D eigenvalue weighted by Gasteiger charge is -2.11. The van der Waals surface area contributed by atoms with E-state index in [0.29, 0.717) is 17.2 Å². The maximum Gasteiger partial charge on any atom is 0.323 e. The van der Waals surface area contributed by atoms with E-state index < -0.39 is 6.03 Å². The first-order chi connectivity index (χ1) is 16.1. The highest BCUT2D eigenvalue weighted by Gasteiger charge is 2.09. The molecule has 0 saturated heterocycles. The van der Waals surface area contributed by atoms with E-state index in [1.165, 1.54) is 6.07 Å². The number of nitrogens with one attached hydrogen (secondary N) is 2. The number of nitrogen functional groups attached to an aromatic ring is 1. The molecule has 2 heterocycles. The number of aromatic hydroxyl groups is 1. The van der Waals surface area contributed by atoms with Crippen LogP contribution in [0.3, 0.4) is 0 Å². The minimum absolute atomic E-state index is 0.00292. The van der Waals surface area contributed by atoms with Crippen molar-refractivity contribution in [2.75, 3.05) is 16.4 Å². The number of benzene rings is 3. The van der Waals surface area contributed by atoms with Crippen LogP contribution in [-0.4, -0.2) is 25.7 Å². The second kappa shape index (κ2) is 8.35. The SMILES string of the molecule is Nc1nccc(-n2ccc3ccc(-c4cccc(NC(=O)Nc5ccccc5O)c4)cc32)n1. The summed E-state index contributed by atoms with van der Waals surface area (Å²) < 4.78 is 1.96. The molecule has 0 unspecified atom stereocenters. The van der Waals surface area contributed by atoms with Crippen LogP contribution in [0.5, 0.6) is 5.75 Å². The van der Waals surface area contributed by atoms with Gasteiger partial charge in [-0.1, -0.05) is 36.4 Å². The first-order valence-electron chi connectivity index (χ1n) is 10.2. The maximum absolute atomic E-state index is 12.4. The van der Waals surface area contributed by atoms with Crippen molar-refractivity contribution in [3.63, 3.8) is 0 Å². The van der Waals surface area contributed by atoms with Gasteiger partial charge < -0.3 is 26.0 Å². The number of urea groups is 1. The van der Waals surface area contributed by atoms with Gasteiger partial charge in [-0.3, -0.25) is 0 Å². The number of carbonyl (C=O) groups excluding carboxylic acids is 1. The maximum atomic E-state index is 12.4. The molecule has 2 amide bonds. The fraction of sp³-hybridized carbons (Fsp3) is 0. The number of carbonyl (C=O) groups is 1. The quantitative estimate of drug-likeness (QED) is 0.295. The highest BCUT2D eigenvalue weighted by molar-refractivity contribution is 6.01. The van der Waals surface area contributed by atoms with Crippen molar-refractivity contribution in [3.8, 4) is 22.7 Å². The summed E-state index contributed by atoms with van der Waals surface area (Å²) in [5.41, 5.74) is 9.61. The molecule has 0 aliphatic heterocycles. The third-order valence-corrected chi connectivity index (χ3v) is 5.21. The van der Waals surface area contributed by atoms with Gasteiger partial charge in [0.1, 0.15) is 11.6 Å². The molecule has 5 rings (SSSR count). The van der Waals surface area contributed by atoms with E-state index in [1.807, 2.05) is 47.2 Å². The van der Waals surface area contributed by atoms with Crippen molar-refractivity contribution in [1.82, 2.24) is 14.5 Å². The fourth-order valence-corrected chi connectivity index (χ4v) is 3.65. The normalized spacial score (nSPS) is 10.8. The van der Waals surface area contributed by atoms with Gasteiger partial charge in [0, 0.05) is 23.5 Å². The summed E-state index contributed by atoms with van der Waals surface area (Å²) in [6.45, 7) is 0. The Bertz CT molecular complexity index is 1480. The van der Waals surface area contributed by atoms with Gasteiger partial charge in [0.2, 0.25) is 5.95 Å². The Morgan fingerprint density at radius 1 is 0.909 bits per heavy atom. The van der Waals surface area contributed by atoms with Gasteiger partial charge in [0.05, 0.1) is 11.2 Å². The Kier molecular flexibility index (Phi) is 5.08. The molecule has 0 saturated carbocycles. The van der Waals surface area contributed by atoms with Crippen molar-refractivity contribution < 1.29 is 9.90 Å². The number of anilines is 3. The van der Waals surface area contributed by atoms with Crippen LogP contribution < -0.4 is 16.4 Å². The molecule has 0 fully saturated rings. The van der Waals surface area contributed by atoms with Gasteiger partial charge in [-0.25, -0.2) is 9.78 Å². The first-order valence-corrected chi connectivity index (χ1v) is 10.2. The zero-order chi connectivity index (χ0) is 22.8. The number of phenolic OH excluding ortho intramolecular Hbond substituents is 1. The van der Waals surface area contributed by atoms with Crippen LogP contribution in [0.4, 0.5) is 22.1 Å². The zero-order valence-corrected chi connectivity index (χ0v) is 17.4. The molecule has 0 aliphatic carbocycles. The van der Waals surface area contributed by atoms with Gasteiger partial charge in [0.25, 0.3) is 0 Å². The van der Waals surface area contributed by atoms with Gasteiger partial charge in [-0.2, -0.15) is 4.98 Å². The molecule has 5 N–H and O–H groups in total. The summed E-state index contributed by atoms with van der Waals surface area (Å²) in [5, 5.41) is 16.4. The van der Waals surface area contributed by atoms with E-state index in [0.717, 1.165) is 22.0 Å². The number of hydrogen-bond donors (Lipinski definition) is 4. The second-order valence-corrected chi connectivity index (χ2v) is 7.41. The average Bonchev–Trinajstić information content (AvgIpc) is 3.24. The summed E-state index contributed by atoms with van der Waals surface area (Å²) >= 11 is 0. The number of aromatic nitrogens is 3. The van der Waals surface area contributed by atoms with E-state index in [2.05, 4.69) is 26.7 Å². The lowest BCUT2D eigenvalue weighted by molar-refractivity contribution is 0.262. The standard InChI is InChI=1S/C25H20N6O2/c26-24-27-12-10-23(30-24)31-13-11-16-8-9-18(15-21(16)31)17-4-3-5-19(14-17)28-25(33)29-20-6-1-2-7-22(20)32/h1-15,32H,(H2,26,27,30)(H2,28,29,33). The number of nitrogens with zero attached hydrogens (tertiary/aromatic N) is 3.